The fraction of sp³-hybridized carbons (Fsp3) is 0.867. The van der Waals surface area contributed by atoms with E-state index in [-0.39, 0.29) is 30.3 Å². The van der Waals surface area contributed by atoms with Crippen LogP contribution in [0.5, 0.6) is 0 Å². The van der Waals surface area contributed by atoms with Gasteiger partial charge in [-0.25, -0.2) is 0 Å². The summed E-state index contributed by atoms with van der Waals surface area (Å²) < 4.78 is 0. The highest BCUT2D eigenvalue weighted by Crippen LogP contribution is 2.23. The molecule has 5 heteroatoms. The Hall–Kier alpha value is -1.10. The summed E-state index contributed by atoms with van der Waals surface area (Å²) in [5.74, 6) is 0.595. The van der Waals surface area contributed by atoms with Gasteiger partial charge in [0.2, 0.25) is 11.8 Å². The van der Waals surface area contributed by atoms with Gasteiger partial charge in [-0.15, -0.1) is 0 Å². The zero-order valence-electron chi connectivity index (χ0n) is 12.1. The molecule has 1 aliphatic heterocycles. The summed E-state index contributed by atoms with van der Waals surface area (Å²) in [4.78, 5) is 25.7. The predicted molar refractivity (Wildman–Crippen MR) is 76.0 cm³/mol. The van der Waals surface area contributed by atoms with Crippen LogP contribution in [-0.2, 0) is 9.59 Å². The Morgan fingerprint density at radius 2 is 1.90 bits per heavy atom. The molecule has 2 N–H and O–H groups in total. The van der Waals surface area contributed by atoms with E-state index in [1.165, 1.54) is 6.42 Å². The molecule has 1 unspecified atom stereocenters. The lowest BCUT2D eigenvalue weighted by Gasteiger charge is -2.21. The van der Waals surface area contributed by atoms with E-state index in [4.69, 9.17) is 5.11 Å². The SMILES string of the molecule is O=C(NCCC(=O)N1CCC(CO)C1)C1CCCCC1. The van der Waals surface area contributed by atoms with E-state index in [2.05, 4.69) is 5.32 Å². The van der Waals surface area contributed by atoms with Gasteiger partial charge in [-0.1, -0.05) is 19.3 Å². The minimum atomic E-state index is 0.0879. The molecule has 2 fully saturated rings. The molecule has 0 aromatic heterocycles. The number of likely N-dealkylation sites (tertiary alicyclic amines) is 1. The van der Waals surface area contributed by atoms with Crippen LogP contribution in [-0.4, -0.2) is 48.1 Å². The van der Waals surface area contributed by atoms with Gasteiger partial charge in [-0.2, -0.15) is 0 Å². The number of nitrogens with one attached hydrogen (secondary N) is 1. The van der Waals surface area contributed by atoms with E-state index in [9.17, 15) is 9.59 Å². The van der Waals surface area contributed by atoms with Gasteiger partial charge in [0.1, 0.15) is 0 Å². The van der Waals surface area contributed by atoms with Crippen LogP contribution < -0.4 is 5.32 Å². The molecular weight excluding hydrogens is 256 g/mol. The van der Waals surface area contributed by atoms with Crippen LogP contribution in [0.1, 0.15) is 44.9 Å². The van der Waals surface area contributed by atoms with E-state index < -0.39 is 0 Å². The Morgan fingerprint density at radius 1 is 1.15 bits per heavy atom. The lowest BCUT2D eigenvalue weighted by atomic mass is 9.89. The van der Waals surface area contributed by atoms with Crippen molar-refractivity contribution in [2.45, 2.75) is 44.9 Å². The third-order valence-corrected chi connectivity index (χ3v) is 4.51. The quantitative estimate of drug-likeness (QED) is 0.787. The van der Waals surface area contributed by atoms with Crippen molar-refractivity contribution in [2.75, 3.05) is 26.2 Å². The molecule has 1 saturated heterocycles. The first-order chi connectivity index (χ1) is 9.70. The summed E-state index contributed by atoms with van der Waals surface area (Å²) in [6, 6.07) is 0. The highest BCUT2D eigenvalue weighted by Gasteiger charge is 2.25. The van der Waals surface area contributed by atoms with Crippen molar-refractivity contribution in [3.8, 4) is 0 Å². The first-order valence-electron chi connectivity index (χ1n) is 7.87. The summed E-state index contributed by atoms with van der Waals surface area (Å²) in [5.41, 5.74) is 0. The van der Waals surface area contributed by atoms with Crippen molar-refractivity contribution >= 4 is 11.8 Å². The van der Waals surface area contributed by atoms with Gasteiger partial charge in [0.25, 0.3) is 0 Å². The molecule has 1 heterocycles. The van der Waals surface area contributed by atoms with E-state index in [0.29, 0.717) is 19.5 Å². The van der Waals surface area contributed by atoms with Gasteiger partial charge in [0.05, 0.1) is 0 Å². The van der Waals surface area contributed by atoms with Crippen LogP contribution in [0, 0.1) is 11.8 Å². The Kier molecular flexibility index (Phi) is 5.83. The van der Waals surface area contributed by atoms with Gasteiger partial charge in [0.15, 0.2) is 0 Å². The van der Waals surface area contributed by atoms with Gasteiger partial charge in [-0.05, 0) is 19.3 Å². The normalized spacial score (nSPS) is 23.9. The number of carbonyl (C=O) groups is 2. The molecule has 0 aromatic carbocycles. The van der Waals surface area contributed by atoms with Crippen LogP contribution in [0.2, 0.25) is 0 Å². The minimum absolute atomic E-state index is 0.0879. The van der Waals surface area contributed by atoms with Crippen molar-refractivity contribution in [2.24, 2.45) is 11.8 Å². The number of aliphatic hydroxyl groups is 1. The Morgan fingerprint density at radius 3 is 2.55 bits per heavy atom. The highest BCUT2D eigenvalue weighted by atomic mass is 16.3. The van der Waals surface area contributed by atoms with Crippen LogP contribution in [0.3, 0.4) is 0 Å². The summed E-state index contributed by atoms with van der Waals surface area (Å²) in [6.45, 7) is 1.99. The summed E-state index contributed by atoms with van der Waals surface area (Å²) in [7, 11) is 0. The highest BCUT2D eigenvalue weighted by molar-refractivity contribution is 5.80. The molecule has 2 amide bonds. The fourth-order valence-corrected chi connectivity index (χ4v) is 3.17. The van der Waals surface area contributed by atoms with Gasteiger partial charge >= 0.3 is 0 Å². The van der Waals surface area contributed by atoms with Crippen molar-refractivity contribution in [3.05, 3.63) is 0 Å². The molecule has 5 nitrogen and oxygen atoms in total. The van der Waals surface area contributed by atoms with Crippen LogP contribution >= 0.6 is 0 Å². The molecule has 114 valence electrons. The Labute approximate surface area is 120 Å². The molecule has 0 spiro atoms. The number of amides is 2. The topological polar surface area (TPSA) is 69.6 Å². The fourth-order valence-electron chi connectivity index (χ4n) is 3.17. The van der Waals surface area contributed by atoms with Gasteiger partial charge in [-0.3, -0.25) is 9.59 Å². The zero-order chi connectivity index (χ0) is 14.4. The number of aliphatic hydroxyl groups excluding tert-OH is 1. The third kappa shape index (κ3) is 4.20. The minimum Gasteiger partial charge on any atom is -0.396 e. The first kappa shape index (κ1) is 15.3. The van der Waals surface area contributed by atoms with E-state index in [1.54, 1.807) is 4.90 Å². The Bertz CT molecular complexity index is 340. The number of carbonyl (C=O) groups excluding carboxylic acids is 2. The van der Waals surface area contributed by atoms with E-state index >= 15 is 0 Å². The van der Waals surface area contributed by atoms with Crippen molar-refractivity contribution in [1.82, 2.24) is 10.2 Å². The molecule has 0 bridgehead atoms. The van der Waals surface area contributed by atoms with Crippen molar-refractivity contribution in [3.63, 3.8) is 0 Å². The van der Waals surface area contributed by atoms with E-state index in [1.807, 2.05) is 0 Å². The lowest BCUT2D eigenvalue weighted by molar-refractivity contribution is -0.130. The maximum absolute atomic E-state index is 12.0. The molecule has 1 atom stereocenters. The monoisotopic (exact) mass is 282 g/mol. The summed E-state index contributed by atoms with van der Waals surface area (Å²) in [5, 5.41) is 12.0. The Balaban J connectivity index is 1.62. The summed E-state index contributed by atoms with van der Waals surface area (Å²) in [6.07, 6.45) is 6.77. The lowest BCUT2D eigenvalue weighted by Crippen LogP contribution is -2.36. The zero-order valence-corrected chi connectivity index (χ0v) is 12.1. The summed E-state index contributed by atoms with van der Waals surface area (Å²) >= 11 is 0. The molecular formula is C15H26N2O3. The molecule has 0 aromatic rings. The predicted octanol–water partition coefficient (Wildman–Crippen LogP) is 0.914. The number of nitrogens with zero attached hydrogens (tertiary/aromatic N) is 1. The maximum atomic E-state index is 12.0. The number of hydrogen-bond acceptors (Lipinski definition) is 3. The first-order valence-corrected chi connectivity index (χ1v) is 7.87. The molecule has 2 aliphatic rings. The van der Waals surface area contributed by atoms with Crippen LogP contribution in [0.15, 0.2) is 0 Å². The van der Waals surface area contributed by atoms with Crippen molar-refractivity contribution < 1.29 is 14.7 Å². The van der Waals surface area contributed by atoms with Crippen molar-refractivity contribution in [1.29, 1.82) is 0 Å². The third-order valence-electron chi connectivity index (χ3n) is 4.51. The largest absolute Gasteiger partial charge is 0.396 e. The average molecular weight is 282 g/mol. The van der Waals surface area contributed by atoms with Gasteiger partial charge < -0.3 is 15.3 Å². The molecule has 20 heavy (non-hydrogen) atoms. The maximum Gasteiger partial charge on any atom is 0.224 e. The molecule has 1 saturated carbocycles. The second kappa shape index (κ2) is 7.62. The molecule has 0 radical (unpaired) electrons. The van der Waals surface area contributed by atoms with E-state index in [0.717, 1.165) is 38.6 Å². The smallest absolute Gasteiger partial charge is 0.224 e. The second-order valence-electron chi connectivity index (χ2n) is 6.05. The average Bonchev–Trinajstić information content (AvgIpc) is 2.97. The number of rotatable bonds is 5. The van der Waals surface area contributed by atoms with Gasteiger partial charge in [0, 0.05) is 44.5 Å². The van der Waals surface area contributed by atoms with Crippen LogP contribution in [0.25, 0.3) is 0 Å². The second-order valence-corrected chi connectivity index (χ2v) is 6.05. The standard InChI is InChI=1S/C15H26N2O3/c18-11-12-7-9-17(10-12)14(19)6-8-16-15(20)13-4-2-1-3-5-13/h12-13,18H,1-11H2,(H,16,20). The number of hydrogen-bond donors (Lipinski definition) is 2. The molecule has 2 rings (SSSR count). The molecule has 1 aliphatic carbocycles. The van der Waals surface area contributed by atoms with Crippen LogP contribution in [0.4, 0.5) is 0 Å².